The van der Waals surface area contributed by atoms with Crippen molar-refractivity contribution in [2.45, 2.75) is 38.7 Å². The predicted octanol–water partition coefficient (Wildman–Crippen LogP) is 3.36. The number of hydrogen-bond acceptors (Lipinski definition) is 5. The van der Waals surface area contributed by atoms with Gasteiger partial charge in [0.05, 0.1) is 16.3 Å². The summed E-state index contributed by atoms with van der Waals surface area (Å²) >= 11 is 0. The van der Waals surface area contributed by atoms with E-state index in [1.807, 2.05) is 19.1 Å². The second kappa shape index (κ2) is 7.71. The quantitative estimate of drug-likeness (QED) is 0.772. The maximum absolute atomic E-state index is 12.8. The Morgan fingerprint density at radius 1 is 1.14 bits per heavy atom. The van der Waals surface area contributed by atoms with Gasteiger partial charge in [0.15, 0.2) is 6.10 Å². The number of sulfonamides is 1. The molecule has 7 nitrogen and oxygen atoms in total. The van der Waals surface area contributed by atoms with Crippen LogP contribution in [0.3, 0.4) is 0 Å². The molecule has 0 spiro atoms. The SMILES string of the molecule is CCN(CC)c1ccc(NS(=O)(=O)c2ccc3c(c2)NC(=O)C(C)O3)c(C)c1. The summed E-state index contributed by atoms with van der Waals surface area (Å²) in [6, 6.07) is 10.1. The summed E-state index contributed by atoms with van der Waals surface area (Å²) in [4.78, 5) is 14.0. The number of aryl methyl sites for hydroxylation is 1. The lowest BCUT2D eigenvalue weighted by Gasteiger charge is -2.24. The summed E-state index contributed by atoms with van der Waals surface area (Å²) in [6.07, 6.45) is -0.611. The normalized spacial score (nSPS) is 16.0. The van der Waals surface area contributed by atoms with E-state index in [1.54, 1.807) is 19.1 Å². The Balaban J connectivity index is 1.87. The molecule has 1 aliphatic heterocycles. The number of nitrogens with one attached hydrogen (secondary N) is 2. The minimum atomic E-state index is -3.82. The number of anilines is 3. The molecule has 2 aromatic carbocycles. The van der Waals surface area contributed by atoms with Crippen molar-refractivity contribution < 1.29 is 17.9 Å². The summed E-state index contributed by atoms with van der Waals surface area (Å²) in [5, 5.41) is 2.67. The van der Waals surface area contributed by atoms with E-state index in [2.05, 4.69) is 28.8 Å². The Morgan fingerprint density at radius 3 is 2.50 bits per heavy atom. The highest BCUT2D eigenvalue weighted by Gasteiger charge is 2.26. The predicted molar refractivity (Wildman–Crippen MR) is 111 cm³/mol. The smallest absolute Gasteiger partial charge is 0.265 e. The first-order chi connectivity index (χ1) is 13.2. The lowest BCUT2D eigenvalue weighted by Crippen LogP contribution is -2.34. The molecule has 3 rings (SSSR count). The molecule has 2 aromatic rings. The van der Waals surface area contributed by atoms with Crippen molar-refractivity contribution in [2.24, 2.45) is 0 Å². The Hall–Kier alpha value is -2.74. The third-order valence-electron chi connectivity index (χ3n) is 4.78. The van der Waals surface area contributed by atoms with Crippen molar-refractivity contribution in [3.05, 3.63) is 42.0 Å². The van der Waals surface area contributed by atoms with Crippen LogP contribution in [0.15, 0.2) is 41.3 Å². The third-order valence-corrected chi connectivity index (χ3v) is 6.14. The molecule has 0 aromatic heterocycles. The number of carbonyl (C=O) groups excluding carboxylic acids is 1. The van der Waals surface area contributed by atoms with Crippen molar-refractivity contribution in [3.8, 4) is 5.75 Å². The van der Waals surface area contributed by atoms with Crippen LogP contribution in [0.4, 0.5) is 17.1 Å². The standard InChI is InChI=1S/C20H25N3O4S/c1-5-23(6-2)15-7-9-17(13(3)11-15)22-28(25,26)16-8-10-19-18(12-16)21-20(24)14(4)27-19/h7-12,14,22H,5-6H2,1-4H3,(H,21,24). The molecule has 1 amide bonds. The van der Waals surface area contributed by atoms with Crippen LogP contribution in [0.2, 0.25) is 0 Å². The van der Waals surface area contributed by atoms with Crippen molar-refractivity contribution >= 4 is 33.0 Å². The molecule has 1 unspecified atom stereocenters. The first-order valence-corrected chi connectivity index (χ1v) is 10.7. The molecule has 1 atom stereocenters. The second-order valence-electron chi connectivity index (χ2n) is 6.68. The summed E-state index contributed by atoms with van der Waals surface area (Å²) < 4.78 is 33.8. The molecular weight excluding hydrogens is 378 g/mol. The first kappa shape index (κ1) is 20.0. The van der Waals surface area contributed by atoms with Crippen LogP contribution in [-0.4, -0.2) is 33.5 Å². The fraction of sp³-hybridized carbons (Fsp3) is 0.350. The summed E-state index contributed by atoms with van der Waals surface area (Å²) in [6.45, 7) is 9.41. The third kappa shape index (κ3) is 3.91. The molecule has 0 saturated carbocycles. The van der Waals surface area contributed by atoms with E-state index in [9.17, 15) is 13.2 Å². The molecular formula is C20H25N3O4S. The fourth-order valence-electron chi connectivity index (χ4n) is 3.11. The van der Waals surface area contributed by atoms with E-state index in [0.29, 0.717) is 17.1 Å². The van der Waals surface area contributed by atoms with Crippen molar-refractivity contribution in [3.63, 3.8) is 0 Å². The van der Waals surface area contributed by atoms with E-state index in [-0.39, 0.29) is 10.8 Å². The molecule has 2 N–H and O–H groups in total. The van der Waals surface area contributed by atoms with Gasteiger partial charge in [-0.05, 0) is 69.7 Å². The number of rotatable bonds is 6. The van der Waals surface area contributed by atoms with Crippen LogP contribution in [0.5, 0.6) is 5.75 Å². The van der Waals surface area contributed by atoms with E-state index < -0.39 is 16.1 Å². The van der Waals surface area contributed by atoms with E-state index >= 15 is 0 Å². The largest absolute Gasteiger partial charge is 0.479 e. The van der Waals surface area contributed by atoms with Gasteiger partial charge in [0, 0.05) is 18.8 Å². The number of nitrogens with zero attached hydrogens (tertiary/aromatic N) is 1. The second-order valence-corrected chi connectivity index (χ2v) is 8.37. The van der Waals surface area contributed by atoms with Gasteiger partial charge in [-0.3, -0.25) is 9.52 Å². The fourth-order valence-corrected chi connectivity index (χ4v) is 4.26. The van der Waals surface area contributed by atoms with E-state index in [0.717, 1.165) is 24.3 Å². The Labute approximate surface area is 165 Å². The Kier molecular flexibility index (Phi) is 5.51. The van der Waals surface area contributed by atoms with Crippen LogP contribution in [0.1, 0.15) is 26.3 Å². The first-order valence-electron chi connectivity index (χ1n) is 9.25. The highest BCUT2D eigenvalue weighted by Crippen LogP contribution is 2.33. The zero-order valence-corrected chi connectivity index (χ0v) is 17.3. The minimum Gasteiger partial charge on any atom is -0.479 e. The van der Waals surface area contributed by atoms with Crippen LogP contribution in [0.25, 0.3) is 0 Å². The van der Waals surface area contributed by atoms with Gasteiger partial charge in [0.2, 0.25) is 0 Å². The summed E-state index contributed by atoms with van der Waals surface area (Å²) in [5.74, 6) is 0.142. The average molecular weight is 404 g/mol. The molecule has 150 valence electrons. The van der Waals surface area contributed by atoms with Gasteiger partial charge in [-0.15, -0.1) is 0 Å². The maximum atomic E-state index is 12.8. The van der Waals surface area contributed by atoms with Crippen LogP contribution < -0.4 is 19.7 Å². The monoisotopic (exact) mass is 403 g/mol. The van der Waals surface area contributed by atoms with Gasteiger partial charge in [0.25, 0.3) is 15.9 Å². The Bertz CT molecular complexity index is 1000. The molecule has 1 aliphatic rings. The molecule has 0 radical (unpaired) electrons. The molecule has 0 fully saturated rings. The van der Waals surface area contributed by atoms with Crippen molar-refractivity contribution in [1.82, 2.24) is 0 Å². The molecule has 8 heteroatoms. The van der Waals surface area contributed by atoms with Crippen molar-refractivity contribution in [1.29, 1.82) is 0 Å². The molecule has 28 heavy (non-hydrogen) atoms. The summed E-state index contributed by atoms with van der Waals surface area (Å²) in [5.41, 5.74) is 2.74. The summed E-state index contributed by atoms with van der Waals surface area (Å²) in [7, 11) is -3.82. The van der Waals surface area contributed by atoms with Crippen LogP contribution >= 0.6 is 0 Å². The highest BCUT2D eigenvalue weighted by molar-refractivity contribution is 7.92. The van der Waals surface area contributed by atoms with Gasteiger partial charge in [-0.1, -0.05) is 0 Å². The lowest BCUT2D eigenvalue weighted by molar-refractivity contribution is -0.122. The number of ether oxygens (including phenoxy) is 1. The van der Waals surface area contributed by atoms with Crippen LogP contribution in [-0.2, 0) is 14.8 Å². The highest BCUT2D eigenvalue weighted by atomic mass is 32.2. The van der Waals surface area contributed by atoms with Crippen molar-refractivity contribution in [2.75, 3.05) is 28.0 Å². The average Bonchev–Trinajstić information content (AvgIpc) is 2.65. The van der Waals surface area contributed by atoms with Gasteiger partial charge >= 0.3 is 0 Å². The van der Waals surface area contributed by atoms with E-state index in [4.69, 9.17) is 4.74 Å². The zero-order chi connectivity index (χ0) is 20.5. The maximum Gasteiger partial charge on any atom is 0.265 e. The molecule has 0 aliphatic carbocycles. The van der Waals surface area contributed by atoms with Gasteiger partial charge in [-0.2, -0.15) is 0 Å². The molecule has 0 saturated heterocycles. The van der Waals surface area contributed by atoms with Gasteiger partial charge < -0.3 is 15.0 Å². The number of benzene rings is 2. The molecule has 1 heterocycles. The number of hydrogen-bond donors (Lipinski definition) is 2. The van der Waals surface area contributed by atoms with Gasteiger partial charge in [-0.25, -0.2) is 8.42 Å². The van der Waals surface area contributed by atoms with Gasteiger partial charge in [0.1, 0.15) is 5.75 Å². The Morgan fingerprint density at radius 2 is 1.86 bits per heavy atom. The zero-order valence-electron chi connectivity index (χ0n) is 16.4. The number of fused-ring (bicyclic) bond motifs is 1. The van der Waals surface area contributed by atoms with E-state index in [1.165, 1.54) is 12.1 Å². The van der Waals surface area contributed by atoms with Crippen LogP contribution in [0, 0.1) is 6.92 Å². The number of amides is 1. The molecule has 0 bridgehead atoms. The topological polar surface area (TPSA) is 87.7 Å². The number of carbonyl (C=O) groups is 1. The minimum absolute atomic E-state index is 0.0527. The lowest BCUT2D eigenvalue weighted by atomic mass is 10.1.